The Hall–Kier alpha value is -0.520. The molecule has 108 valence electrons. The monoisotopic (exact) mass is 335 g/mol. The number of hydrogen-bond acceptors (Lipinski definition) is 2. The second-order valence-corrected chi connectivity index (χ2v) is 5.34. The Morgan fingerprint density at radius 1 is 1.37 bits per heavy atom. The van der Waals surface area contributed by atoms with Gasteiger partial charge in [-0.05, 0) is 48.0 Å². The van der Waals surface area contributed by atoms with Crippen LogP contribution >= 0.6 is 15.9 Å². The lowest BCUT2D eigenvalue weighted by Gasteiger charge is -2.26. The van der Waals surface area contributed by atoms with Crippen LogP contribution in [0.25, 0.3) is 0 Å². The van der Waals surface area contributed by atoms with Gasteiger partial charge in [-0.15, -0.1) is 0 Å². The highest BCUT2D eigenvalue weighted by Gasteiger charge is 2.23. The van der Waals surface area contributed by atoms with Crippen molar-refractivity contribution >= 4 is 15.9 Å². The smallest absolute Gasteiger partial charge is 0.143 e. The molecule has 19 heavy (non-hydrogen) atoms. The Bertz CT molecular complexity index is 415. The molecule has 0 bridgehead atoms. The van der Waals surface area contributed by atoms with Gasteiger partial charge in [-0.25, -0.2) is 8.78 Å². The first-order chi connectivity index (χ1) is 9.04. The van der Waals surface area contributed by atoms with Gasteiger partial charge in [0.2, 0.25) is 0 Å². The summed E-state index contributed by atoms with van der Waals surface area (Å²) >= 11 is 3.08. The molecular formula is C14H20BrF2NO. The van der Waals surface area contributed by atoms with E-state index in [1.165, 1.54) is 12.1 Å². The van der Waals surface area contributed by atoms with Crippen molar-refractivity contribution in [3.05, 3.63) is 33.8 Å². The molecule has 1 aromatic rings. The second kappa shape index (κ2) is 7.92. The Balaban J connectivity index is 2.95. The summed E-state index contributed by atoms with van der Waals surface area (Å²) < 4.78 is 33.4. The molecule has 0 heterocycles. The van der Waals surface area contributed by atoms with Gasteiger partial charge in [-0.2, -0.15) is 0 Å². The fraction of sp³-hybridized carbons (Fsp3) is 0.571. The average molecular weight is 336 g/mol. The SMILES string of the molecule is CCCC(OC)C(Cc1c(F)ccc(Br)c1F)NC. The Morgan fingerprint density at radius 2 is 2.05 bits per heavy atom. The molecular weight excluding hydrogens is 316 g/mol. The standard InChI is InChI=1S/C14H20BrF2NO/c1-4-5-13(19-3)12(18-2)8-9-11(16)7-6-10(15)14(9)17/h6-7,12-13,18H,4-5,8H2,1-3H3. The number of nitrogens with one attached hydrogen (secondary N) is 1. The van der Waals surface area contributed by atoms with Crippen LogP contribution in [0, 0.1) is 11.6 Å². The van der Waals surface area contributed by atoms with Gasteiger partial charge >= 0.3 is 0 Å². The Labute approximate surface area is 121 Å². The van der Waals surface area contributed by atoms with Crippen molar-refractivity contribution in [2.45, 2.75) is 38.3 Å². The topological polar surface area (TPSA) is 21.3 Å². The molecule has 0 aliphatic rings. The fourth-order valence-electron chi connectivity index (χ4n) is 2.16. The van der Waals surface area contributed by atoms with E-state index in [0.29, 0.717) is 0 Å². The summed E-state index contributed by atoms with van der Waals surface area (Å²) in [5.41, 5.74) is 0.0897. The fourth-order valence-corrected chi connectivity index (χ4v) is 2.53. The zero-order chi connectivity index (χ0) is 14.4. The summed E-state index contributed by atoms with van der Waals surface area (Å²) in [6.45, 7) is 2.05. The molecule has 0 saturated heterocycles. The van der Waals surface area contributed by atoms with Crippen LogP contribution in [0.2, 0.25) is 0 Å². The molecule has 1 aromatic carbocycles. The van der Waals surface area contributed by atoms with Crippen molar-refractivity contribution < 1.29 is 13.5 Å². The number of methoxy groups -OCH3 is 1. The lowest BCUT2D eigenvalue weighted by molar-refractivity contribution is 0.0628. The third-order valence-electron chi connectivity index (χ3n) is 3.26. The minimum absolute atomic E-state index is 0.0622. The van der Waals surface area contributed by atoms with Crippen LogP contribution in [0.4, 0.5) is 8.78 Å². The molecule has 0 saturated carbocycles. The number of hydrogen-bond donors (Lipinski definition) is 1. The van der Waals surface area contributed by atoms with Gasteiger partial charge in [0.05, 0.1) is 10.6 Å². The molecule has 0 aliphatic heterocycles. The van der Waals surface area contributed by atoms with Gasteiger partial charge in [-0.1, -0.05) is 13.3 Å². The predicted octanol–water partition coefficient (Wildman–Crippen LogP) is 3.67. The lowest BCUT2D eigenvalue weighted by atomic mass is 9.97. The Morgan fingerprint density at radius 3 is 2.58 bits per heavy atom. The van der Waals surface area contributed by atoms with E-state index < -0.39 is 11.6 Å². The average Bonchev–Trinajstić information content (AvgIpc) is 2.41. The quantitative estimate of drug-likeness (QED) is 0.767. The molecule has 2 unspecified atom stereocenters. The molecule has 1 N–H and O–H groups in total. The summed E-state index contributed by atoms with van der Waals surface area (Å²) in [6.07, 6.45) is 2.00. The number of ether oxygens (including phenoxy) is 1. The van der Waals surface area contributed by atoms with Crippen molar-refractivity contribution in [1.82, 2.24) is 5.32 Å². The molecule has 0 aromatic heterocycles. The van der Waals surface area contributed by atoms with E-state index in [1.807, 2.05) is 0 Å². The highest BCUT2D eigenvalue weighted by atomic mass is 79.9. The number of rotatable bonds is 7. The van der Waals surface area contributed by atoms with Crippen LogP contribution < -0.4 is 5.32 Å². The summed E-state index contributed by atoms with van der Waals surface area (Å²) in [5, 5.41) is 3.09. The van der Waals surface area contributed by atoms with Gasteiger partial charge in [0.15, 0.2) is 0 Å². The van der Waals surface area contributed by atoms with E-state index in [1.54, 1.807) is 14.2 Å². The predicted molar refractivity (Wildman–Crippen MR) is 76.3 cm³/mol. The first-order valence-corrected chi connectivity index (χ1v) is 7.16. The zero-order valence-corrected chi connectivity index (χ0v) is 13.1. The third-order valence-corrected chi connectivity index (χ3v) is 3.87. The lowest BCUT2D eigenvalue weighted by Crippen LogP contribution is -2.41. The molecule has 2 nitrogen and oxygen atoms in total. The number of halogens is 3. The van der Waals surface area contributed by atoms with E-state index >= 15 is 0 Å². The van der Waals surface area contributed by atoms with E-state index in [-0.39, 0.29) is 28.6 Å². The highest BCUT2D eigenvalue weighted by Crippen LogP contribution is 2.24. The van der Waals surface area contributed by atoms with Crippen LogP contribution in [0.5, 0.6) is 0 Å². The van der Waals surface area contributed by atoms with Gasteiger partial charge in [-0.3, -0.25) is 0 Å². The molecule has 0 radical (unpaired) electrons. The van der Waals surface area contributed by atoms with Gasteiger partial charge in [0, 0.05) is 18.7 Å². The van der Waals surface area contributed by atoms with Gasteiger partial charge in [0.1, 0.15) is 11.6 Å². The first kappa shape index (κ1) is 16.5. The highest BCUT2D eigenvalue weighted by molar-refractivity contribution is 9.10. The van der Waals surface area contributed by atoms with Crippen LogP contribution in [-0.2, 0) is 11.2 Å². The van der Waals surface area contributed by atoms with E-state index in [2.05, 4.69) is 28.2 Å². The van der Waals surface area contributed by atoms with Gasteiger partial charge in [0.25, 0.3) is 0 Å². The van der Waals surface area contributed by atoms with Crippen LogP contribution in [0.15, 0.2) is 16.6 Å². The molecule has 1 rings (SSSR count). The van der Waals surface area contributed by atoms with Crippen LogP contribution in [0.1, 0.15) is 25.3 Å². The number of benzene rings is 1. The summed E-state index contributed by atoms with van der Waals surface area (Å²) in [7, 11) is 3.40. The summed E-state index contributed by atoms with van der Waals surface area (Å²) in [4.78, 5) is 0. The van der Waals surface area contributed by atoms with E-state index in [0.717, 1.165) is 12.8 Å². The Kier molecular flexibility index (Phi) is 6.89. The number of likely N-dealkylation sites (N-methyl/N-ethyl adjacent to an activating group) is 1. The molecule has 0 spiro atoms. The molecule has 0 aliphatic carbocycles. The van der Waals surface area contributed by atoms with E-state index in [9.17, 15) is 8.78 Å². The van der Waals surface area contributed by atoms with E-state index in [4.69, 9.17) is 4.74 Å². The van der Waals surface area contributed by atoms with Crippen molar-refractivity contribution in [1.29, 1.82) is 0 Å². The summed E-state index contributed by atoms with van der Waals surface area (Å²) in [6, 6.07) is 2.53. The van der Waals surface area contributed by atoms with Crippen molar-refractivity contribution in [2.24, 2.45) is 0 Å². The first-order valence-electron chi connectivity index (χ1n) is 6.37. The molecule has 2 atom stereocenters. The van der Waals surface area contributed by atoms with Crippen LogP contribution in [-0.4, -0.2) is 26.3 Å². The van der Waals surface area contributed by atoms with Crippen molar-refractivity contribution in [2.75, 3.05) is 14.2 Å². The van der Waals surface area contributed by atoms with Crippen molar-refractivity contribution in [3.63, 3.8) is 0 Å². The molecule has 0 amide bonds. The minimum Gasteiger partial charge on any atom is -0.380 e. The van der Waals surface area contributed by atoms with Gasteiger partial charge < -0.3 is 10.1 Å². The largest absolute Gasteiger partial charge is 0.380 e. The maximum absolute atomic E-state index is 14.0. The van der Waals surface area contributed by atoms with Crippen molar-refractivity contribution in [3.8, 4) is 0 Å². The third kappa shape index (κ3) is 4.23. The maximum atomic E-state index is 14.0. The summed E-state index contributed by atoms with van der Waals surface area (Å²) in [5.74, 6) is -1.06. The molecule has 0 fully saturated rings. The zero-order valence-electron chi connectivity index (χ0n) is 11.5. The molecule has 5 heteroatoms. The normalized spacial score (nSPS) is 14.4. The second-order valence-electron chi connectivity index (χ2n) is 4.48. The maximum Gasteiger partial charge on any atom is 0.143 e. The minimum atomic E-state index is -0.536. The van der Waals surface area contributed by atoms with Crippen LogP contribution in [0.3, 0.4) is 0 Å².